The van der Waals surface area contributed by atoms with Crippen molar-refractivity contribution in [2.45, 2.75) is 25.3 Å². The van der Waals surface area contributed by atoms with Gasteiger partial charge in [-0.15, -0.1) is 0 Å². The van der Waals surface area contributed by atoms with Crippen molar-refractivity contribution in [3.05, 3.63) is 60.5 Å². The summed E-state index contributed by atoms with van der Waals surface area (Å²) < 4.78 is 16.2. The number of esters is 1. The summed E-state index contributed by atoms with van der Waals surface area (Å²) in [6, 6.07) is 16.5. The summed E-state index contributed by atoms with van der Waals surface area (Å²) in [6.45, 7) is 0.967. The van der Waals surface area contributed by atoms with Crippen molar-refractivity contribution in [3.8, 4) is 22.9 Å². The third kappa shape index (κ3) is 4.63. The highest BCUT2D eigenvalue weighted by atomic mass is 16.5. The van der Waals surface area contributed by atoms with Crippen LogP contribution in [-0.2, 0) is 4.79 Å². The number of hydrogen-bond donors (Lipinski definition) is 0. The van der Waals surface area contributed by atoms with Gasteiger partial charge in [0, 0.05) is 5.56 Å². The Morgan fingerprint density at radius 3 is 2.66 bits per heavy atom. The first kappa shape index (κ1) is 19.1. The van der Waals surface area contributed by atoms with E-state index in [9.17, 15) is 4.79 Å². The maximum absolute atomic E-state index is 12.4. The number of hydrogen-bond acceptors (Lipinski definition) is 7. The fourth-order valence-corrected chi connectivity index (χ4v) is 3.51. The topological polar surface area (TPSA) is 77.7 Å². The summed E-state index contributed by atoms with van der Waals surface area (Å²) in [5.74, 6) is 2.08. The molecule has 7 heteroatoms. The van der Waals surface area contributed by atoms with Crippen molar-refractivity contribution in [3.63, 3.8) is 0 Å². The van der Waals surface area contributed by atoms with Gasteiger partial charge >= 0.3 is 5.97 Å². The second-order valence-corrected chi connectivity index (χ2v) is 6.95. The molecule has 3 aromatic rings. The molecule has 1 fully saturated rings. The molecule has 0 spiro atoms. The van der Waals surface area contributed by atoms with Crippen LogP contribution in [0.2, 0.25) is 0 Å². The zero-order valence-corrected chi connectivity index (χ0v) is 16.3. The molecule has 29 heavy (non-hydrogen) atoms. The molecule has 7 nitrogen and oxygen atoms in total. The highest BCUT2D eigenvalue weighted by Gasteiger charge is 2.30. The zero-order chi connectivity index (χ0) is 20.1. The van der Waals surface area contributed by atoms with E-state index in [4.69, 9.17) is 14.0 Å². The molecular weight excluding hydrogens is 370 g/mol. The molecule has 2 aromatic carbocycles. The van der Waals surface area contributed by atoms with Crippen LogP contribution >= 0.6 is 0 Å². The molecule has 1 aromatic heterocycles. The number of piperidine rings is 1. The van der Waals surface area contributed by atoms with Gasteiger partial charge in [-0.25, -0.2) is 0 Å². The quantitative estimate of drug-likeness (QED) is 0.464. The van der Waals surface area contributed by atoms with Gasteiger partial charge in [0.1, 0.15) is 11.5 Å². The summed E-state index contributed by atoms with van der Waals surface area (Å²) >= 11 is 0. The fourth-order valence-electron chi connectivity index (χ4n) is 3.51. The molecule has 2 heterocycles. The molecule has 0 unspecified atom stereocenters. The molecule has 0 bridgehead atoms. The maximum Gasteiger partial charge on any atom is 0.325 e. The van der Waals surface area contributed by atoms with Crippen molar-refractivity contribution in [1.82, 2.24) is 15.0 Å². The number of carbonyl (C=O) groups excluding carboxylic acids is 1. The molecule has 1 aliphatic heterocycles. The van der Waals surface area contributed by atoms with Crippen molar-refractivity contribution in [2.24, 2.45) is 0 Å². The minimum absolute atomic E-state index is 0.0911. The Hall–Kier alpha value is -3.19. The molecule has 150 valence electrons. The number of para-hydroxylation sites is 1. The molecule has 0 N–H and O–H groups in total. The number of nitrogens with zero attached hydrogens (tertiary/aromatic N) is 3. The van der Waals surface area contributed by atoms with Crippen LogP contribution in [-0.4, -0.2) is 41.2 Å². The number of likely N-dealkylation sites (tertiary alicyclic amines) is 1. The average molecular weight is 393 g/mol. The standard InChI is InChI=1S/C22H23N3O4/c1-27-17-12-10-16(11-13-17)21-23-22(29-24-21)19-9-5-6-14-25(19)15-20(26)28-18-7-3-2-4-8-18/h2-4,7-8,10-13,19H,5-6,9,14-15H2,1H3/t19-/m1/s1. The van der Waals surface area contributed by atoms with E-state index in [-0.39, 0.29) is 18.6 Å². The Morgan fingerprint density at radius 1 is 1.10 bits per heavy atom. The Balaban J connectivity index is 1.46. The molecule has 0 radical (unpaired) electrons. The Labute approximate surface area is 169 Å². The van der Waals surface area contributed by atoms with E-state index in [1.807, 2.05) is 42.5 Å². The molecule has 0 aliphatic carbocycles. The van der Waals surface area contributed by atoms with Gasteiger partial charge in [0.25, 0.3) is 0 Å². The van der Waals surface area contributed by atoms with E-state index in [2.05, 4.69) is 15.0 Å². The maximum atomic E-state index is 12.4. The lowest BCUT2D eigenvalue weighted by molar-refractivity contribution is -0.136. The SMILES string of the molecule is COc1ccc(-c2noc([C@H]3CCCCN3CC(=O)Oc3ccccc3)n2)cc1. The summed E-state index contributed by atoms with van der Waals surface area (Å²) in [6.07, 6.45) is 2.94. The van der Waals surface area contributed by atoms with Crippen LogP contribution < -0.4 is 9.47 Å². The first-order valence-corrected chi connectivity index (χ1v) is 9.71. The monoisotopic (exact) mass is 393 g/mol. The van der Waals surface area contributed by atoms with Gasteiger partial charge in [-0.3, -0.25) is 9.69 Å². The van der Waals surface area contributed by atoms with E-state index in [0.717, 1.165) is 37.1 Å². The van der Waals surface area contributed by atoms with E-state index in [1.165, 1.54) is 0 Å². The van der Waals surface area contributed by atoms with Gasteiger partial charge in [-0.2, -0.15) is 4.98 Å². The van der Waals surface area contributed by atoms with Crippen LogP contribution in [0.5, 0.6) is 11.5 Å². The third-order valence-corrected chi connectivity index (χ3v) is 5.00. The lowest BCUT2D eigenvalue weighted by atomic mass is 10.0. The van der Waals surface area contributed by atoms with E-state index < -0.39 is 0 Å². The molecule has 0 saturated carbocycles. The number of ether oxygens (including phenoxy) is 2. The van der Waals surface area contributed by atoms with Gasteiger partial charge in [0.05, 0.1) is 19.7 Å². The second kappa shape index (κ2) is 8.87. The van der Waals surface area contributed by atoms with Crippen molar-refractivity contribution in [2.75, 3.05) is 20.2 Å². The summed E-state index contributed by atoms with van der Waals surface area (Å²) in [5.41, 5.74) is 0.853. The summed E-state index contributed by atoms with van der Waals surface area (Å²) in [4.78, 5) is 19.0. The predicted octanol–water partition coefficient (Wildman–Crippen LogP) is 3.88. The fraction of sp³-hybridized carbons (Fsp3) is 0.318. The summed E-state index contributed by atoms with van der Waals surface area (Å²) in [5, 5.41) is 4.13. The first-order chi connectivity index (χ1) is 14.2. The predicted molar refractivity (Wildman–Crippen MR) is 107 cm³/mol. The Morgan fingerprint density at radius 2 is 1.90 bits per heavy atom. The van der Waals surface area contributed by atoms with E-state index >= 15 is 0 Å². The third-order valence-electron chi connectivity index (χ3n) is 5.00. The number of rotatable bonds is 6. The van der Waals surface area contributed by atoms with Gasteiger partial charge in [0.15, 0.2) is 0 Å². The minimum Gasteiger partial charge on any atom is -0.497 e. The van der Waals surface area contributed by atoms with Crippen LogP contribution in [0.15, 0.2) is 59.1 Å². The number of benzene rings is 2. The molecule has 0 amide bonds. The largest absolute Gasteiger partial charge is 0.497 e. The van der Waals surface area contributed by atoms with Crippen LogP contribution in [0.25, 0.3) is 11.4 Å². The first-order valence-electron chi connectivity index (χ1n) is 9.71. The molecule has 4 rings (SSSR count). The van der Waals surface area contributed by atoms with Crippen LogP contribution in [0, 0.1) is 0 Å². The lowest BCUT2D eigenvalue weighted by Crippen LogP contribution is -2.38. The smallest absolute Gasteiger partial charge is 0.325 e. The number of carbonyl (C=O) groups is 1. The summed E-state index contributed by atoms with van der Waals surface area (Å²) in [7, 11) is 1.63. The average Bonchev–Trinajstić information content (AvgIpc) is 3.25. The highest BCUT2D eigenvalue weighted by molar-refractivity contribution is 5.74. The Kier molecular flexibility index (Phi) is 5.86. The van der Waals surface area contributed by atoms with Crippen molar-refractivity contribution >= 4 is 5.97 Å². The molecular formula is C22H23N3O4. The van der Waals surface area contributed by atoms with Gasteiger partial charge in [-0.1, -0.05) is 29.8 Å². The lowest BCUT2D eigenvalue weighted by Gasteiger charge is -2.32. The molecule has 1 saturated heterocycles. The van der Waals surface area contributed by atoms with E-state index in [1.54, 1.807) is 19.2 Å². The minimum atomic E-state index is -0.294. The van der Waals surface area contributed by atoms with Crippen LogP contribution in [0.3, 0.4) is 0 Å². The normalized spacial score (nSPS) is 17.1. The second-order valence-electron chi connectivity index (χ2n) is 6.95. The zero-order valence-electron chi connectivity index (χ0n) is 16.3. The van der Waals surface area contributed by atoms with Crippen LogP contribution in [0.4, 0.5) is 0 Å². The molecule has 1 atom stereocenters. The van der Waals surface area contributed by atoms with Gasteiger partial charge in [-0.05, 0) is 55.8 Å². The van der Waals surface area contributed by atoms with Crippen molar-refractivity contribution in [1.29, 1.82) is 0 Å². The van der Waals surface area contributed by atoms with Crippen LogP contribution in [0.1, 0.15) is 31.2 Å². The highest BCUT2D eigenvalue weighted by Crippen LogP contribution is 2.31. The number of aromatic nitrogens is 2. The van der Waals surface area contributed by atoms with Gasteiger partial charge < -0.3 is 14.0 Å². The van der Waals surface area contributed by atoms with E-state index in [0.29, 0.717) is 17.5 Å². The van der Waals surface area contributed by atoms with Gasteiger partial charge in [0.2, 0.25) is 11.7 Å². The number of methoxy groups -OCH3 is 1. The Bertz CT molecular complexity index is 940. The molecule has 1 aliphatic rings. The van der Waals surface area contributed by atoms with Crippen molar-refractivity contribution < 1.29 is 18.8 Å².